The van der Waals surface area contributed by atoms with Crippen LogP contribution < -0.4 is 5.32 Å². The van der Waals surface area contributed by atoms with Gasteiger partial charge in [-0.15, -0.1) is 0 Å². The van der Waals surface area contributed by atoms with Gasteiger partial charge in [0.15, 0.2) is 0 Å². The highest BCUT2D eigenvalue weighted by Crippen LogP contribution is 1.91. The van der Waals surface area contributed by atoms with E-state index < -0.39 is 6.41 Å². The number of rotatable bonds is 0. The highest BCUT2D eigenvalue weighted by atomic mass is 16.6. The summed E-state index contributed by atoms with van der Waals surface area (Å²) in [5.74, 6) is 0. The van der Waals surface area contributed by atoms with Crippen molar-refractivity contribution < 1.29 is 9.84 Å². The lowest BCUT2D eigenvalue weighted by molar-refractivity contribution is -0.138. The first-order chi connectivity index (χ1) is 3.39. The molecule has 0 amide bonds. The quantitative estimate of drug-likeness (QED) is 0.425. The molecule has 1 fully saturated rings. The van der Waals surface area contributed by atoms with Gasteiger partial charge in [-0.25, -0.2) is 0 Å². The van der Waals surface area contributed by atoms with Crippen molar-refractivity contribution in [3.8, 4) is 0 Å². The van der Waals surface area contributed by atoms with Gasteiger partial charge in [-0.05, 0) is 6.42 Å². The van der Waals surface area contributed by atoms with Gasteiger partial charge in [0.1, 0.15) is 0 Å². The SMILES string of the molecule is O[C@@H]1NCCCO1. The maximum absolute atomic E-state index is 8.58. The summed E-state index contributed by atoms with van der Waals surface area (Å²) >= 11 is 0. The number of aliphatic hydroxyl groups excluding tert-OH is 1. The topological polar surface area (TPSA) is 41.5 Å². The smallest absolute Gasteiger partial charge is 0.213 e. The zero-order valence-corrected chi connectivity index (χ0v) is 4.05. The van der Waals surface area contributed by atoms with Gasteiger partial charge in [-0.1, -0.05) is 0 Å². The Kier molecular flexibility index (Phi) is 1.62. The molecule has 0 spiro atoms. The molecule has 42 valence electrons. The monoisotopic (exact) mass is 103 g/mol. The van der Waals surface area contributed by atoms with Crippen LogP contribution in [-0.4, -0.2) is 24.7 Å². The molecule has 0 aromatic heterocycles. The second-order valence-corrected chi connectivity index (χ2v) is 1.53. The Morgan fingerprint density at radius 1 is 1.71 bits per heavy atom. The van der Waals surface area contributed by atoms with E-state index in [0.29, 0.717) is 6.61 Å². The maximum Gasteiger partial charge on any atom is 0.213 e. The number of ether oxygens (including phenoxy) is 1. The first-order valence-electron chi connectivity index (χ1n) is 2.42. The van der Waals surface area contributed by atoms with E-state index in [1.807, 2.05) is 0 Å². The van der Waals surface area contributed by atoms with Crippen molar-refractivity contribution in [2.24, 2.45) is 0 Å². The van der Waals surface area contributed by atoms with Crippen LogP contribution in [0.2, 0.25) is 0 Å². The average molecular weight is 103 g/mol. The van der Waals surface area contributed by atoms with E-state index in [0.717, 1.165) is 13.0 Å². The van der Waals surface area contributed by atoms with Crippen LogP contribution in [0.15, 0.2) is 0 Å². The molecule has 0 radical (unpaired) electrons. The first kappa shape index (κ1) is 5.03. The van der Waals surface area contributed by atoms with Gasteiger partial charge >= 0.3 is 0 Å². The summed E-state index contributed by atoms with van der Waals surface area (Å²) in [6, 6.07) is 0. The van der Waals surface area contributed by atoms with Crippen molar-refractivity contribution in [2.75, 3.05) is 13.2 Å². The summed E-state index contributed by atoms with van der Waals surface area (Å²) in [5.41, 5.74) is 0. The molecule has 0 aliphatic carbocycles. The molecule has 0 aromatic carbocycles. The zero-order valence-electron chi connectivity index (χ0n) is 4.05. The fraction of sp³-hybridized carbons (Fsp3) is 1.00. The van der Waals surface area contributed by atoms with Crippen LogP contribution in [0.5, 0.6) is 0 Å². The maximum atomic E-state index is 8.58. The van der Waals surface area contributed by atoms with E-state index in [1.165, 1.54) is 0 Å². The van der Waals surface area contributed by atoms with Crippen LogP contribution >= 0.6 is 0 Å². The van der Waals surface area contributed by atoms with Crippen LogP contribution in [0.1, 0.15) is 6.42 Å². The third kappa shape index (κ3) is 1.43. The minimum absolute atomic E-state index is 0.675. The summed E-state index contributed by atoms with van der Waals surface area (Å²) in [5, 5.41) is 11.3. The fourth-order valence-corrected chi connectivity index (χ4v) is 0.552. The normalized spacial score (nSPS) is 33.0. The molecule has 1 aliphatic rings. The van der Waals surface area contributed by atoms with Crippen LogP contribution in [0.25, 0.3) is 0 Å². The predicted octanol–water partition coefficient (Wildman–Crippen LogP) is -0.728. The van der Waals surface area contributed by atoms with Gasteiger partial charge in [0.2, 0.25) is 6.41 Å². The van der Waals surface area contributed by atoms with Gasteiger partial charge in [0.05, 0.1) is 6.61 Å². The molecule has 0 unspecified atom stereocenters. The van der Waals surface area contributed by atoms with Gasteiger partial charge in [0.25, 0.3) is 0 Å². The molecular weight excluding hydrogens is 94.0 g/mol. The number of hydrogen-bond acceptors (Lipinski definition) is 3. The van der Waals surface area contributed by atoms with Crippen LogP contribution in [0.4, 0.5) is 0 Å². The summed E-state index contributed by atoms with van der Waals surface area (Å²) in [4.78, 5) is 0. The third-order valence-corrected chi connectivity index (χ3v) is 0.916. The summed E-state index contributed by atoms with van der Waals surface area (Å²) in [7, 11) is 0. The van der Waals surface area contributed by atoms with E-state index in [4.69, 9.17) is 9.84 Å². The highest BCUT2D eigenvalue weighted by molar-refractivity contribution is 4.49. The molecule has 1 heterocycles. The van der Waals surface area contributed by atoms with Crippen molar-refractivity contribution in [3.63, 3.8) is 0 Å². The van der Waals surface area contributed by atoms with Gasteiger partial charge < -0.3 is 9.84 Å². The fourth-order valence-electron chi connectivity index (χ4n) is 0.552. The average Bonchev–Trinajstić information content (AvgIpc) is 1.69. The molecule has 0 saturated carbocycles. The van der Waals surface area contributed by atoms with Crippen molar-refractivity contribution in [1.29, 1.82) is 0 Å². The van der Waals surface area contributed by atoms with Crippen molar-refractivity contribution in [1.82, 2.24) is 5.32 Å². The lowest BCUT2D eigenvalue weighted by atomic mass is 10.4. The Morgan fingerprint density at radius 3 is 2.86 bits per heavy atom. The van der Waals surface area contributed by atoms with E-state index in [-0.39, 0.29) is 0 Å². The third-order valence-electron chi connectivity index (χ3n) is 0.916. The standard InChI is InChI=1S/C4H9NO2/c6-4-5-2-1-3-7-4/h4-6H,1-3H2/t4-/m0/s1. The predicted molar refractivity (Wildman–Crippen MR) is 24.6 cm³/mol. The van der Waals surface area contributed by atoms with Crippen molar-refractivity contribution >= 4 is 0 Å². The number of nitrogens with one attached hydrogen (secondary N) is 1. The Bertz CT molecular complexity index is 51.7. The molecular formula is C4H9NO2. The van der Waals surface area contributed by atoms with Crippen molar-refractivity contribution in [3.05, 3.63) is 0 Å². The molecule has 3 nitrogen and oxygen atoms in total. The number of hydrogen-bond donors (Lipinski definition) is 2. The van der Waals surface area contributed by atoms with Crippen LogP contribution in [-0.2, 0) is 4.74 Å². The Hall–Kier alpha value is -0.120. The molecule has 1 rings (SSSR count). The van der Waals surface area contributed by atoms with Crippen LogP contribution in [0.3, 0.4) is 0 Å². The first-order valence-corrected chi connectivity index (χ1v) is 2.42. The molecule has 0 bridgehead atoms. The molecule has 3 heteroatoms. The van der Waals surface area contributed by atoms with E-state index in [9.17, 15) is 0 Å². The highest BCUT2D eigenvalue weighted by Gasteiger charge is 2.05. The van der Waals surface area contributed by atoms with Crippen molar-refractivity contribution in [2.45, 2.75) is 12.8 Å². The molecule has 1 atom stereocenters. The summed E-state index contributed by atoms with van der Waals surface area (Å²) in [6.07, 6.45) is 0.283. The van der Waals surface area contributed by atoms with Crippen LogP contribution in [0, 0.1) is 0 Å². The largest absolute Gasteiger partial charge is 0.356 e. The molecule has 1 saturated heterocycles. The van der Waals surface area contributed by atoms with Gasteiger partial charge in [-0.2, -0.15) is 0 Å². The van der Waals surface area contributed by atoms with E-state index in [2.05, 4.69) is 5.32 Å². The second kappa shape index (κ2) is 2.26. The zero-order chi connectivity index (χ0) is 5.11. The minimum atomic E-state index is -0.714. The summed E-state index contributed by atoms with van der Waals surface area (Å²) in [6.45, 7) is 1.54. The second-order valence-electron chi connectivity index (χ2n) is 1.53. The lowest BCUT2D eigenvalue weighted by Crippen LogP contribution is -2.37. The Morgan fingerprint density at radius 2 is 2.57 bits per heavy atom. The number of aliphatic hydroxyl groups is 1. The summed E-state index contributed by atoms with van der Waals surface area (Å²) < 4.78 is 4.72. The van der Waals surface area contributed by atoms with E-state index >= 15 is 0 Å². The van der Waals surface area contributed by atoms with E-state index in [1.54, 1.807) is 0 Å². The molecule has 7 heavy (non-hydrogen) atoms. The Labute approximate surface area is 42.3 Å². The molecule has 0 aromatic rings. The minimum Gasteiger partial charge on any atom is -0.356 e. The molecule has 1 aliphatic heterocycles. The van der Waals surface area contributed by atoms with Gasteiger partial charge in [-0.3, -0.25) is 5.32 Å². The Balaban J connectivity index is 2.12. The van der Waals surface area contributed by atoms with Gasteiger partial charge in [0, 0.05) is 6.54 Å². The lowest BCUT2D eigenvalue weighted by Gasteiger charge is -2.17. The molecule has 2 N–H and O–H groups in total.